The molecule has 17 heavy (non-hydrogen) atoms. The smallest absolute Gasteiger partial charge is 0.269 e. The Kier molecular flexibility index (Phi) is 2.63. The summed E-state index contributed by atoms with van der Waals surface area (Å²) in [6, 6.07) is 5.37. The fourth-order valence-electron chi connectivity index (χ4n) is 1.78. The first-order chi connectivity index (χ1) is 8.00. The van der Waals surface area contributed by atoms with Crippen molar-refractivity contribution in [2.75, 3.05) is 4.90 Å². The standard InChI is InChI=1S/C11H10N2O4/c1-7-6-10(14)12(11(7)15)8-2-4-9(5-3-8)13(16)17/h2-5,7H,6H2,1H3/t7-/m0/s1. The van der Waals surface area contributed by atoms with E-state index < -0.39 is 4.92 Å². The molecular weight excluding hydrogens is 224 g/mol. The van der Waals surface area contributed by atoms with E-state index >= 15 is 0 Å². The van der Waals surface area contributed by atoms with Crippen LogP contribution in [0.4, 0.5) is 11.4 Å². The molecule has 1 saturated heterocycles. The lowest BCUT2D eigenvalue weighted by Gasteiger charge is -2.13. The average molecular weight is 234 g/mol. The number of hydrogen-bond donors (Lipinski definition) is 0. The van der Waals surface area contributed by atoms with E-state index in [9.17, 15) is 19.7 Å². The van der Waals surface area contributed by atoms with E-state index in [1.165, 1.54) is 24.3 Å². The second-order valence-electron chi connectivity index (χ2n) is 3.95. The number of nitro benzene ring substituents is 1. The van der Waals surface area contributed by atoms with E-state index in [1.54, 1.807) is 6.92 Å². The van der Waals surface area contributed by atoms with Crippen LogP contribution in [0.15, 0.2) is 24.3 Å². The third kappa shape index (κ3) is 1.89. The van der Waals surface area contributed by atoms with Crippen LogP contribution in [-0.4, -0.2) is 16.7 Å². The van der Waals surface area contributed by atoms with Gasteiger partial charge in [-0.25, -0.2) is 0 Å². The van der Waals surface area contributed by atoms with Crippen molar-refractivity contribution < 1.29 is 14.5 Å². The van der Waals surface area contributed by atoms with Gasteiger partial charge in [0, 0.05) is 24.5 Å². The first-order valence-electron chi connectivity index (χ1n) is 5.12. The molecule has 88 valence electrons. The van der Waals surface area contributed by atoms with E-state index in [-0.39, 0.29) is 29.8 Å². The first kappa shape index (κ1) is 11.3. The highest BCUT2D eigenvalue weighted by Gasteiger charge is 2.36. The van der Waals surface area contributed by atoms with Gasteiger partial charge in [-0.05, 0) is 12.1 Å². The van der Waals surface area contributed by atoms with Gasteiger partial charge in [-0.2, -0.15) is 0 Å². The van der Waals surface area contributed by atoms with Gasteiger partial charge in [0.2, 0.25) is 11.8 Å². The van der Waals surface area contributed by atoms with E-state index in [4.69, 9.17) is 0 Å². The highest BCUT2D eigenvalue weighted by atomic mass is 16.6. The van der Waals surface area contributed by atoms with Crippen LogP contribution in [0.2, 0.25) is 0 Å². The van der Waals surface area contributed by atoms with Crippen LogP contribution in [0.3, 0.4) is 0 Å². The molecule has 0 aliphatic carbocycles. The summed E-state index contributed by atoms with van der Waals surface area (Å²) >= 11 is 0. The van der Waals surface area contributed by atoms with Gasteiger partial charge in [-0.15, -0.1) is 0 Å². The predicted octanol–water partition coefficient (Wildman–Crippen LogP) is 1.49. The van der Waals surface area contributed by atoms with Gasteiger partial charge in [0.15, 0.2) is 0 Å². The summed E-state index contributed by atoms with van der Waals surface area (Å²) in [7, 11) is 0. The molecule has 1 heterocycles. The number of imide groups is 1. The molecule has 0 bridgehead atoms. The molecule has 1 aliphatic rings. The Hall–Kier alpha value is -2.24. The summed E-state index contributed by atoms with van der Waals surface area (Å²) < 4.78 is 0. The maximum atomic E-state index is 11.7. The molecule has 1 atom stereocenters. The third-order valence-electron chi connectivity index (χ3n) is 2.69. The lowest BCUT2D eigenvalue weighted by atomic mass is 10.1. The minimum Gasteiger partial charge on any atom is -0.274 e. The molecule has 2 amide bonds. The monoisotopic (exact) mass is 234 g/mol. The number of nitrogens with zero attached hydrogens (tertiary/aromatic N) is 2. The summed E-state index contributed by atoms with van der Waals surface area (Å²) in [5.74, 6) is -0.849. The highest BCUT2D eigenvalue weighted by molar-refractivity contribution is 6.20. The van der Waals surface area contributed by atoms with Crippen LogP contribution >= 0.6 is 0 Å². The average Bonchev–Trinajstić information content (AvgIpc) is 2.53. The predicted molar refractivity (Wildman–Crippen MR) is 59.4 cm³/mol. The van der Waals surface area contributed by atoms with Crippen LogP contribution in [0.1, 0.15) is 13.3 Å². The van der Waals surface area contributed by atoms with Crippen molar-refractivity contribution in [3.8, 4) is 0 Å². The Labute approximate surface area is 97.0 Å². The molecule has 1 aromatic rings. The van der Waals surface area contributed by atoms with Gasteiger partial charge in [-0.3, -0.25) is 24.6 Å². The van der Waals surface area contributed by atoms with Crippen LogP contribution in [0.5, 0.6) is 0 Å². The molecule has 1 aromatic carbocycles. The summed E-state index contributed by atoms with van der Waals surface area (Å²) in [4.78, 5) is 34.3. The Morgan fingerprint density at radius 3 is 2.29 bits per heavy atom. The van der Waals surface area contributed by atoms with E-state index in [2.05, 4.69) is 0 Å². The number of rotatable bonds is 2. The zero-order valence-electron chi connectivity index (χ0n) is 9.12. The van der Waals surface area contributed by atoms with Crippen molar-refractivity contribution in [1.29, 1.82) is 0 Å². The van der Waals surface area contributed by atoms with Crippen molar-refractivity contribution in [2.45, 2.75) is 13.3 Å². The Balaban J connectivity index is 2.32. The number of anilines is 1. The van der Waals surface area contributed by atoms with Crippen molar-refractivity contribution in [2.24, 2.45) is 5.92 Å². The summed E-state index contributed by atoms with van der Waals surface area (Å²) in [6.07, 6.45) is 0.190. The van der Waals surface area contributed by atoms with Gasteiger partial charge in [0.25, 0.3) is 5.69 Å². The first-order valence-corrected chi connectivity index (χ1v) is 5.12. The molecule has 0 N–H and O–H groups in total. The van der Waals surface area contributed by atoms with Crippen LogP contribution < -0.4 is 4.90 Å². The summed E-state index contributed by atoms with van der Waals surface area (Å²) in [5.41, 5.74) is 0.316. The SMILES string of the molecule is C[C@H]1CC(=O)N(c2ccc([N+](=O)[O-])cc2)C1=O. The number of non-ortho nitro benzene ring substituents is 1. The number of carbonyl (C=O) groups is 2. The number of carbonyl (C=O) groups excluding carboxylic acids is 2. The van der Waals surface area contributed by atoms with Crippen molar-refractivity contribution in [3.63, 3.8) is 0 Å². The molecular formula is C11H10N2O4. The molecule has 0 aromatic heterocycles. The second-order valence-corrected chi connectivity index (χ2v) is 3.95. The van der Waals surface area contributed by atoms with Gasteiger partial charge in [0.1, 0.15) is 0 Å². The van der Waals surface area contributed by atoms with Crippen LogP contribution in [-0.2, 0) is 9.59 Å². The van der Waals surface area contributed by atoms with E-state index in [1.807, 2.05) is 0 Å². The van der Waals surface area contributed by atoms with Crippen molar-refractivity contribution >= 4 is 23.2 Å². The molecule has 0 spiro atoms. The number of benzene rings is 1. The zero-order chi connectivity index (χ0) is 12.6. The largest absolute Gasteiger partial charge is 0.274 e. The third-order valence-corrected chi connectivity index (χ3v) is 2.69. The number of hydrogen-bond acceptors (Lipinski definition) is 4. The Morgan fingerprint density at radius 2 is 1.88 bits per heavy atom. The molecule has 6 nitrogen and oxygen atoms in total. The Bertz CT molecular complexity index is 495. The fraction of sp³-hybridized carbons (Fsp3) is 0.273. The van der Waals surface area contributed by atoms with E-state index in [0.717, 1.165) is 4.90 Å². The van der Waals surface area contributed by atoms with E-state index in [0.29, 0.717) is 5.69 Å². The quantitative estimate of drug-likeness (QED) is 0.441. The summed E-state index contributed by atoms with van der Waals surface area (Å²) in [6.45, 7) is 1.69. The molecule has 0 unspecified atom stereocenters. The molecule has 2 rings (SSSR count). The van der Waals surface area contributed by atoms with Crippen molar-refractivity contribution in [1.82, 2.24) is 0 Å². The van der Waals surface area contributed by atoms with Gasteiger partial charge in [0.05, 0.1) is 10.6 Å². The molecule has 0 saturated carbocycles. The highest BCUT2D eigenvalue weighted by Crippen LogP contribution is 2.27. The Morgan fingerprint density at radius 1 is 1.29 bits per heavy atom. The second kappa shape index (κ2) is 3.97. The fourth-order valence-corrected chi connectivity index (χ4v) is 1.78. The maximum absolute atomic E-state index is 11.7. The van der Waals surface area contributed by atoms with Crippen LogP contribution in [0.25, 0.3) is 0 Å². The molecule has 1 fully saturated rings. The number of amides is 2. The van der Waals surface area contributed by atoms with Gasteiger partial charge < -0.3 is 0 Å². The summed E-state index contributed by atoms with van der Waals surface area (Å²) in [5, 5.41) is 10.5. The van der Waals surface area contributed by atoms with Crippen molar-refractivity contribution in [3.05, 3.63) is 34.4 Å². The lowest BCUT2D eigenvalue weighted by Crippen LogP contribution is -2.29. The zero-order valence-corrected chi connectivity index (χ0v) is 9.12. The molecule has 0 radical (unpaired) electrons. The maximum Gasteiger partial charge on any atom is 0.269 e. The van der Waals surface area contributed by atoms with Gasteiger partial charge >= 0.3 is 0 Å². The lowest BCUT2D eigenvalue weighted by molar-refractivity contribution is -0.384. The van der Waals surface area contributed by atoms with Crippen LogP contribution in [0, 0.1) is 16.0 Å². The molecule has 1 aliphatic heterocycles. The molecule has 6 heteroatoms. The topological polar surface area (TPSA) is 80.5 Å². The minimum atomic E-state index is -0.528. The minimum absolute atomic E-state index is 0.0686. The normalized spacial score (nSPS) is 19.8. The van der Waals surface area contributed by atoms with Gasteiger partial charge in [-0.1, -0.05) is 6.92 Å². The number of nitro groups is 1.